The van der Waals surface area contributed by atoms with Gasteiger partial charge in [0.1, 0.15) is 6.10 Å². The number of carbonyl (C=O) groups excluding carboxylic acids is 1. The van der Waals surface area contributed by atoms with Crippen molar-refractivity contribution in [2.45, 2.75) is 57.5 Å². The van der Waals surface area contributed by atoms with Crippen LogP contribution in [-0.2, 0) is 9.53 Å². The van der Waals surface area contributed by atoms with Gasteiger partial charge in [-0.25, -0.2) is 0 Å². The van der Waals surface area contributed by atoms with Crippen molar-refractivity contribution < 1.29 is 14.6 Å². The average Bonchev–Trinajstić information content (AvgIpc) is 2.58. The van der Waals surface area contributed by atoms with Crippen LogP contribution in [0.2, 0.25) is 0 Å². The van der Waals surface area contributed by atoms with Gasteiger partial charge in [-0.15, -0.1) is 0 Å². The molecule has 0 spiro atoms. The summed E-state index contributed by atoms with van der Waals surface area (Å²) in [6.07, 6.45) is 8.27. The molecule has 1 fully saturated rings. The normalized spacial score (nSPS) is 21.2. The molecule has 0 radical (unpaired) electrons. The molecule has 1 heterocycles. The van der Waals surface area contributed by atoms with E-state index in [4.69, 9.17) is 9.84 Å². The highest BCUT2D eigenvalue weighted by molar-refractivity contribution is 5.71. The van der Waals surface area contributed by atoms with Crippen molar-refractivity contribution in [2.75, 3.05) is 6.61 Å². The van der Waals surface area contributed by atoms with E-state index in [9.17, 15) is 4.79 Å². The fourth-order valence-electron chi connectivity index (χ4n) is 1.80. The fourth-order valence-corrected chi connectivity index (χ4v) is 1.80. The molecule has 1 aliphatic rings. The Hall–Kier alpha value is -0.570. The minimum absolute atomic E-state index is 0.0321. The molecule has 1 rings (SSSR count). The van der Waals surface area contributed by atoms with Crippen LogP contribution in [0, 0.1) is 0 Å². The lowest BCUT2D eigenvalue weighted by Gasteiger charge is -2.07. The first kappa shape index (κ1) is 11.5. The third kappa shape index (κ3) is 4.61. The summed E-state index contributed by atoms with van der Waals surface area (Å²) >= 11 is 0. The highest BCUT2D eigenvalue weighted by atomic mass is 16.5. The van der Waals surface area contributed by atoms with Gasteiger partial charge in [0, 0.05) is 13.0 Å². The molecule has 1 N–H and O–H groups in total. The van der Waals surface area contributed by atoms with Crippen molar-refractivity contribution in [3.05, 3.63) is 0 Å². The van der Waals surface area contributed by atoms with Gasteiger partial charge in [-0.3, -0.25) is 4.79 Å². The summed E-state index contributed by atoms with van der Waals surface area (Å²) < 4.78 is 5.11. The molecule has 1 saturated heterocycles. The van der Waals surface area contributed by atoms with Crippen molar-refractivity contribution in [1.82, 2.24) is 0 Å². The lowest BCUT2D eigenvalue weighted by Crippen LogP contribution is -2.06. The van der Waals surface area contributed by atoms with Crippen LogP contribution in [0.5, 0.6) is 0 Å². The minimum Gasteiger partial charge on any atom is -0.462 e. The van der Waals surface area contributed by atoms with Gasteiger partial charge < -0.3 is 9.84 Å². The molecule has 0 aromatic heterocycles. The second kappa shape index (κ2) is 6.82. The van der Waals surface area contributed by atoms with Crippen LogP contribution < -0.4 is 0 Å². The van der Waals surface area contributed by atoms with Gasteiger partial charge in [0.2, 0.25) is 0 Å². The molecule has 0 aromatic rings. The Morgan fingerprint density at radius 2 is 1.93 bits per heavy atom. The van der Waals surface area contributed by atoms with E-state index in [1.54, 1.807) is 0 Å². The molecule has 1 atom stereocenters. The van der Waals surface area contributed by atoms with Crippen LogP contribution in [0.15, 0.2) is 0 Å². The van der Waals surface area contributed by atoms with Gasteiger partial charge in [-0.1, -0.05) is 19.3 Å². The zero-order valence-corrected chi connectivity index (χ0v) is 8.71. The van der Waals surface area contributed by atoms with Crippen molar-refractivity contribution in [3.8, 4) is 0 Å². The standard InChI is InChI=1S/C11H20O3/c12-9-5-3-1-2-4-6-10-7-8-11(13)14-10/h10,12H,1-9H2. The maximum atomic E-state index is 10.8. The highest BCUT2D eigenvalue weighted by Crippen LogP contribution is 2.19. The van der Waals surface area contributed by atoms with E-state index in [0.29, 0.717) is 13.0 Å². The predicted molar refractivity (Wildman–Crippen MR) is 53.9 cm³/mol. The zero-order chi connectivity index (χ0) is 10.2. The zero-order valence-electron chi connectivity index (χ0n) is 8.71. The van der Waals surface area contributed by atoms with Gasteiger partial charge in [0.15, 0.2) is 0 Å². The SMILES string of the molecule is O=C1CCC(CCCCCCCO)O1. The number of cyclic esters (lactones) is 1. The third-order valence-corrected chi connectivity index (χ3v) is 2.65. The molecule has 3 nitrogen and oxygen atoms in total. The number of hydrogen-bond acceptors (Lipinski definition) is 3. The second-order valence-corrected chi connectivity index (χ2v) is 3.93. The molecule has 82 valence electrons. The van der Waals surface area contributed by atoms with Gasteiger partial charge in [0.25, 0.3) is 0 Å². The van der Waals surface area contributed by atoms with Gasteiger partial charge in [0.05, 0.1) is 0 Å². The Morgan fingerprint density at radius 3 is 2.57 bits per heavy atom. The molecule has 0 amide bonds. The second-order valence-electron chi connectivity index (χ2n) is 3.93. The van der Waals surface area contributed by atoms with Crippen molar-refractivity contribution in [1.29, 1.82) is 0 Å². The summed E-state index contributed by atoms with van der Waals surface area (Å²) in [5.41, 5.74) is 0. The molecule has 0 bridgehead atoms. The Labute approximate surface area is 85.5 Å². The van der Waals surface area contributed by atoms with Crippen molar-refractivity contribution >= 4 is 5.97 Å². The number of hydrogen-bond donors (Lipinski definition) is 1. The Balaban J connectivity index is 1.86. The molecule has 3 heteroatoms. The number of carbonyl (C=O) groups is 1. The predicted octanol–water partition coefficient (Wildman–Crippen LogP) is 2.02. The van der Waals surface area contributed by atoms with E-state index in [2.05, 4.69) is 0 Å². The maximum Gasteiger partial charge on any atom is 0.306 e. The summed E-state index contributed by atoms with van der Waals surface area (Å²) in [4.78, 5) is 10.8. The quantitative estimate of drug-likeness (QED) is 0.505. The van der Waals surface area contributed by atoms with E-state index < -0.39 is 0 Å². The van der Waals surface area contributed by atoms with Crippen LogP contribution in [0.3, 0.4) is 0 Å². The first-order valence-electron chi connectivity index (χ1n) is 5.63. The van der Waals surface area contributed by atoms with E-state index in [1.807, 2.05) is 0 Å². The number of esters is 1. The molecule has 1 unspecified atom stereocenters. The third-order valence-electron chi connectivity index (χ3n) is 2.65. The van der Waals surface area contributed by atoms with Crippen LogP contribution in [0.25, 0.3) is 0 Å². The Kier molecular flexibility index (Phi) is 5.60. The van der Waals surface area contributed by atoms with Crippen LogP contribution in [0.4, 0.5) is 0 Å². The van der Waals surface area contributed by atoms with Crippen LogP contribution >= 0.6 is 0 Å². The summed E-state index contributed by atoms with van der Waals surface area (Å²) in [5.74, 6) is -0.0321. The van der Waals surface area contributed by atoms with E-state index in [1.165, 1.54) is 12.8 Å². The maximum absolute atomic E-state index is 10.8. The van der Waals surface area contributed by atoms with Crippen LogP contribution in [-0.4, -0.2) is 23.8 Å². The van der Waals surface area contributed by atoms with E-state index in [0.717, 1.165) is 32.1 Å². The van der Waals surface area contributed by atoms with Crippen molar-refractivity contribution in [2.24, 2.45) is 0 Å². The van der Waals surface area contributed by atoms with Gasteiger partial charge in [-0.2, -0.15) is 0 Å². The van der Waals surface area contributed by atoms with E-state index in [-0.39, 0.29) is 12.1 Å². The largest absolute Gasteiger partial charge is 0.462 e. The molecule has 0 aliphatic carbocycles. The summed E-state index contributed by atoms with van der Waals surface area (Å²) in [5, 5.41) is 8.57. The van der Waals surface area contributed by atoms with Gasteiger partial charge in [-0.05, 0) is 25.7 Å². The molecule has 1 aliphatic heterocycles. The average molecular weight is 200 g/mol. The molecular formula is C11H20O3. The van der Waals surface area contributed by atoms with Crippen molar-refractivity contribution in [3.63, 3.8) is 0 Å². The summed E-state index contributed by atoms with van der Waals surface area (Å²) in [6.45, 7) is 0.306. The van der Waals surface area contributed by atoms with E-state index >= 15 is 0 Å². The summed E-state index contributed by atoms with van der Waals surface area (Å²) in [7, 11) is 0. The number of aliphatic hydroxyl groups excluding tert-OH is 1. The molecular weight excluding hydrogens is 180 g/mol. The first-order chi connectivity index (χ1) is 6.83. The van der Waals surface area contributed by atoms with Gasteiger partial charge >= 0.3 is 5.97 Å². The number of aliphatic hydroxyl groups is 1. The fraction of sp³-hybridized carbons (Fsp3) is 0.909. The van der Waals surface area contributed by atoms with Crippen LogP contribution in [0.1, 0.15) is 51.4 Å². The Morgan fingerprint density at radius 1 is 1.21 bits per heavy atom. The lowest BCUT2D eigenvalue weighted by molar-refractivity contribution is -0.141. The highest BCUT2D eigenvalue weighted by Gasteiger charge is 2.22. The minimum atomic E-state index is -0.0321. The number of ether oxygens (including phenoxy) is 1. The number of unbranched alkanes of at least 4 members (excludes halogenated alkanes) is 4. The topological polar surface area (TPSA) is 46.5 Å². The monoisotopic (exact) mass is 200 g/mol. The summed E-state index contributed by atoms with van der Waals surface area (Å²) in [6, 6.07) is 0. The Bertz CT molecular complexity index is 168. The lowest BCUT2D eigenvalue weighted by atomic mass is 10.1. The first-order valence-corrected chi connectivity index (χ1v) is 5.63. The number of rotatable bonds is 7. The molecule has 14 heavy (non-hydrogen) atoms. The smallest absolute Gasteiger partial charge is 0.306 e. The molecule has 0 aromatic carbocycles. The molecule has 0 saturated carbocycles.